The van der Waals surface area contributed by atoms with E-state index in [9.17, 15) is 0 Å². The quantitative estimate of drug-likeness (QED) is 0.246. The molecule has 2 N–H and O–H groups in total. The Bertz CT molecular complexity index is 962. The summed E-state index contributed by atoms with van der Waals surface area (Å²) in [5.74, 6) is 2.72. The molecule has 0 aliphatic rings. The summed E-state index contributed by atoms with van der Waals surface area (Å²) < 4.78 is 10.7. The van der Waals surface area contributed by atoms with Crippen molar-refractivity contribution in [3.63, 3.8) is 0 Å². The Balaban J connectivity index is 0.00000341. The number of pyridine rings is 1. The molecular formula is C22H29IN6O2. The third-order valence-corrected chi connectivity index (χ3v) is 4.48. The molecule has 0 aliphatic carbocycles. The first kappa shape index (κ1) is 24.6. The molecule has 0 atom stereocenters. The van der Waals surface area contributed by atoms with Gasteiger partial charge in [0.05, 0.1) is 7.11 Å². The van der Waals surface area contributed by atoms with Crippen LogP contribution in [-0.4, -0.2) is 47.8 Å². The van der Waals surface area contributed by atoms with Crippen molar-refractivity contribution in [2.45, 2.75) is 26.7 Å². The van der Waals surface area contributed by atoms with Gasteiger partial charge in [-0.1, -0.05) is 23.4 Å². The number of hydrogen-bond donors (Lipinski definition) is 2. The number of aromatic nitrogens is 3. The Morgan fingerprint density at radius 3 is 2.77 bits per heavy atom. The van der Waals surface area contributed by atoms with Crippen molar-refractivity contribution in [3.8, 4) is 17.3 Å². The van der Waals surface area contributed by atoms with Crippen molar-refractivity contribution < 1.29 is 9.26 Å². The first-order valence-electron chi connectivity index (χ1n) is 10.1. The van der Waals surface area contributed by atoms with E-state index in [0.29, 0.717) is 30.4 Å². The summed E-state index contributed by atoms with van der Waals surface area (Å²) >= 11 is 0. The third-order valence-electron chi connectivity index (χ3n) is 4.48. The molecule has 0 aliphatic heterocycles. The Kier molecular flexibility index (Phi) is 10.2. The number of guanidine groups is 1. The molecule has 0 spiro atoms. The second-order valence-electron chi connectivity index (χ2n) is 6.72. The molecule has 2 aromatic heterocycles. The molecule has 9 heteroatoms. The molecule has 0 bridgehead atoms. The lowest BCUT2D eigenvalue weighted by Gasteiger charge is -2.12. The van der Waals surface area contributed by atoms with Gasteiger partial charge >= 0.3 is 0 Å². The van der Waals surface area contributed by atoms with Crippen molar-refractivity contribution in [3.05, 3.63) is 59.5 Å². The highest BCUT2D eigenvalue weighted by Gasteiger charge is 2.09. The van der Waals surface area contributed by atoms with Gasteiger partial charge in [-0.3, -0.25) is 9.98 Å². The van der Waals surface area contributed by atoms with Gasteiger partial charge in [-0.2, -0.15) is 4.98 Å². The largest absolute Gasteiger partial charge is 0.496 e. The molecular weight excluding hydrogens is 507 g/mol. The molecule has 0 radical (unpaired) electrons. The van der Waals surface area contributed by atoms with Crippen LogP contribution in [-0.2, 0) is 12.8 Å². The number of rotatable bonds is 9. The minimum absolute atomic E-state index is 0. The maximum absolute atomic E-state index is 5.40. The van der Waals surface area contributed by atoms with E-state index < -0.39 is 0 Å². The fraction of sp³-hybridized carbons (Fsp3) is 0.364. The topological polar surface area (TPSA) is 97.5 Å². The number of hydrogen-bond acceptors (Lipinski definition) is 6. The second kappa shape index (κ2) is 12.9. The van der Waals surface area contributed by atoms with Crippen LogP contribution < -0.4 is 15.4 Å². The number of methoxy groups -OCH3 is 1. The van der Waals surface area contributed by atoms with Gasteiger partial charge in [-0.15, -0.1) is 24.0 Å². The number of halogens is 1. The van der Waals surface area contributed by atoms with Gasteiger partial charge < -0.3 is 19.9 Å². The molecule has 166 valence electrons. The van der Waals surface area contributed by atoms with E-state index in [0.717, 1.165) is 36.8 Å². The van der Waals surface area contributed by atoms with Crippen molar-refractivity contribution in [2.24, 2.45) is 4.99 Å². The van der Waals surface area contributed by atoms with Gasteiger partial charge in [-0.05, 0) is 49.6 Å². The predicted molar refractivity (Wildman–Crippen MR) is 132 cm³/mol. The fourth-order valence-electron chi connectivity index (χ4n) is 2.90. The highest BCUT2D eigenvalue weighted by molar-refractivity contribution is 14.0. The zero-order valence-corrected chi connectivity index (χ0v) is 20.4. The minimum Gasteiger partial charge on any atom is -0.496 e. The molecule has 0 saturated carbocycles. The summed E-state index contributed by atoms with van der Waals surface area (Å²) in [5.41, 5.74) is 3.02. The molecule has 2 heterocycles. The molecule has 31 heavy (non-hydrogen) atoms. The van der Waals surface area contributed by atoms with Gasteiger partial charge in [0, 0.05) is 32.3 Å². The average Bonchev–Trinajstić information content (AvgIpc) is 3.24. The summed E-state index contributed by atoms with van der Waals surface area (Å²) in [6, 6.07) is 11.9. The Labute approximate surface area is 199 Å². The van der Waals surface area contributed by atoms with Crippen molar-refractivity contribution >= 4 is 29.9 Å². The van der Waals surface area contributed by atoms with Crippen LogP contribution in [0.15, 0.2) is 52.1 Å². The summed E-state index contributed by atoms with van der Waals surface area (Å²) in [4.78, 5) is 13.2. The summed E-state index contributed by atoms with van der Waals surface area (Å²) in [6.07, 6.45) is 3.16. The van der Waals surface area contributed by atoms with Crippen molar-refractivity contribution in [1.82, 2.24) is 25.8 Å². The smallest absolute Gasteiger partial charge is 0.276 e. The van der Waals surface area contributed by atoms with Gasteiger partial charge in [0.25, 0.3) is 5.89 Å². The van der Waals surface area contributed by atoms with E-state index in [-0.39, 0.29) is 24.0 Å². The Morgan fingerprint density at radius 1 is 1.16 bits per heavy atom. The Morgan fingerprint density at radius 2 is 2.03 bits per heavy atom. The SMILES string of the molecule is CCNC(=NCCc1noc(-c2ccccn2)n1)NCCc1ccc(C)c(OC)c1.I. The number of nitrogens with zero attached hydrogens (tertiary/aromatic N) is 4. The van der Waals surface area contributed by atoms with Gasteiger partial charge in [0.2, 0.25) is 0 Å². The molecule has 3 aromatic rings. The summed E-state index contributed by atoms with van der Waals surface area (Å²) in [7, 11) is 1.70. The predicted octanol–water partition coefficient (Wildman–Crippen LogP) is 3.41. The monoisotopic (exact) mass is 536 g/mol. The molecule has 0 fully saturated rings. The maximum atomic E-state index is 5.40. The van der Waals surface area contributed by atoms with Crippen LogP contribution in [0.1, 0.15) is 23.9 Å². The molecule has 0 saturated heterocycles. The Hall–Kier alpha value is -2.69. The van der Waals surface area contributed by atoms with Crippen LogP contribution in [0.4, 0.5) is 0 Å². The standard InChI is InChI=1S/C22H28N6O2.HI/c1-4-23-22(25-13-10-17-9-8-16(2)19(15-17)29-3)26-14-11-20-27-21(30-28-20)18-7-5-6-12-24-18;/h5-9,12,15H,4,10-11,13-14H2,1-3H3,(H2,23,25,26);1H. The van der Waals surface area contributed by atoms with E-state index in [2.05, 4.69) is 48.9 Å². The molecule has 0 unspecified atom stereocenters. The highest BCUT2D eigenvalue weighted by Crippen LogP contribution is 2.19. The minimum atomic E-state index is 0. The highest BCUT2D eigenvalue weighted by atomic mass is 127. The normalized spacial score (nSPS) is 11.0. The molecule has 0 amide bonds. The number of nitrogens with one attached hydrogen (secondary N) is 2. The lowest BCUT2D eigenvalue weighted by atomic mass is 10.1. The second-order valence-corrected chi connectivity index (χ2v) is 6.72. The maximum Gasteiger partial charge on any atom is 0.276 e. The number of benzene rings is 1. The molecule has 8 nitrogen and oxygen atoms in total. The van der Waals surface area contributed by atoms with E-state index >= 15 is 0 Å². The van der Waals surface area contributed by atoms with Crippen LogP contribution in [0.25, 0.3) is 11.6 Å². The lowest BCUT2D eigenvalue weighted by Crippen LogP contribution is -2.38. The van der Waals surface area contributed by atoms with Gasteiger partial charge in [0.1, 0.15) is 11.4 Å². The first-order valence-corrected chi connectivity index (χ1v) is 10.1. The average molecular weight is 536 g/mol. The van der Waals surface area contributed by atoms with E-state index in [4.69, 9.17) is 9.26 Å². The van der Waals surface area contributed by atoms with Gasteiger partial charge in [-0.25, -0.2) is 0 Å². The zero-order valence-electron chi connectivity index (χ0n) is 18.1. The van der Waals surface area contributed by atoms with Gasteiger partial charge in [0.15, 0.2) is 11.8 Å². The lowest BCUT2D eigenvalue weighted by molar-refractivity contribution is 0.411. The number of aryl methyl sites for hydroxylation is 1. The van der Waals surface area contributed by atoms with Crippen molar-refractivity contribution in [1.29, 1.82) is 0 Å². The van der Waals surface area contributed by atoms with Crippen molar-refractivity contribution in [2.75, 3.05) is 26.7 Å². The van der Waals surface area contributed by atoms with Crippen LogP contribution in [0.2, 0.25) is 0 Å². The summed E-state index contributed by atoms with van der Waals surface area (Å²) in [5, 5.41) is 10.6. The van der Waals surface area contributed by atoms with Crippen LogP contribution in [0, 0.1) is 6.92 Å². The molecule has 1 aromatic carbocycles. The third kappa shape index (κ3) is 7.50. The van der Waals surface area contributed by atoms with E-state index in [1.807, 2.05) is 32.0 Å². The van der Waals surface area contributed by atoms with Crippen LogP contribution in [0.5, 0.6) is 5.75 Å². The fourth-order valence-corrected chi connectivity index (χ4v) is 2.90. The van der Waals surface area contributed by atoms with Crippen LogP contribution in [0.3, 0.4) is 0 Å². The van der Waals surface area contributed by atoms with E-state index in [1.54, 1.807) is 13.3 Å². The number of ether oxygens (including phenoxy) is 1. The summed E-state index contributed by atoms with van der Waals surface area (Å²) in [6.45, 7) is 6.19. The number of aliphatic imine (C=N–C) groups is 1. The molecule has 3 rings (SSSR count). The first-order chi connectivity index (χ1) is 14.7. The van der Waals surface area contributed by atoms with E-state index in [1.165, 1.54) is 5.56 Å². The van der Waals surface area contributed by atoms with Crippen LogP contribution >= 0.6 is 24.0 Å². The zero-order chi connectivity index (χ0) is 21.2.